The lowest BCUT2D eigenvalue weighted by atomic mass is 9.90. The van der Waals surface area contributed by atoms with E-state index in [-0.39, 0.29) is 11.5 Å². The number of hydrogen-bond acceptors (Lipinski definition) is 5. The molecule has 136 valence electrons. The van der Waals surface area contributed by atoms with E-state index in [1.54, 1.807) is 11.8 Å². The number of benzene rings is 1. The highest BCUT2D eigenvalue weighted by molar-refractivity contribution is 5.89. The number of carbonyl (C=O) groups is 1. The van der Waals surface area contributed by atoms with Gasteiger partial charge in [0.2, 0.25) is 0 Å². The molecule has 1 saturated carbocycles. The van der Waals surface area contributed by atoms with Gasteiger partial charge >= 0.3 is 5.97 Å². The number of aryl methyl sites for hydroxylation is 2. The standard InChI is InChI=1S/C20H18N4O3/c1-27-14-7-6-11-2-5-13-9-21-20(23-17(13)15(11)8-14)24-18(12-3-4-12)16(10-22-24)19(25)26/h6-10,12H,2-5H2,1H3,(H,25,26). The Balaban J connectivity index is 1.66. The van der Waals surface area contributed by atoms with E-state index in [0.29, 0.717) is 11.6 Å². The molecule has 0 unspecified atom stereocenters. The van der Waals surface area contributed by atoms with Crippen LogP contribution in [0.25, 0.3) is 17.2 Å². The summed E-state index contributed by atoms with van der Waals surface area (Å²) in [5.41, 5.74) is 5.15. The summed E-state index contributed by atoms with van der Waals surface area (Å²) < 4.78 is 6.97. The van der Waals surface area contributed by atoms with Gasteiger partial charge in [0, 0.05) is 17.7 Å². The molecule has 5 rings (SSSR count). The van der Waals surface area contributed by atoms with Gasteiger partial charge in [0.25, 0.3) is 5.95 Å². The molecule has 1 fully saturated rings. The number of ether oxygens (including phenoxy) is 1. The van der Waals surface area contributed by atoms with Gasteiger partial charge in [0.15, 0.2) is 0 Å². The van der Waals surface area contributed by atoms with Crippen LogP contribution >= 0.6 is 0 Å². The Morgan fingerprint density at radius 1 is 1.22 bits per heavy atom. The number of carboxylic acid groups (broad SMARTS) is 1. The van der Waals surface area contributed by atoms with E-state index in [9.17, 15) is 9.90 Å². The Kier molecular flexibility index (Phi) is 3.50. The van der Waals surface area contributed by atoms with Gasteiger partial charge in [-0.3, -0.25) is 0 Å². The van der Waals surface area contributed by atoms with E-state index in [0.717, 1.165) is 48.3 Å². The number of aromatic nitrogens is 4. The minimum atomic E-state index is -0.962. The minimum Gasteiger partial charge on any atom is -0.497 e. The van der Waals surface area contributed by atoms with Crippen LogP contribution in [0.3, 0.4) is 0 Å². The van der Waals surface area contributed by atoms with Crippen LogP contribution in [0.15, 0.2) is 30.6 Å². The molecule has 2 aromatic heterocycles. The Morgan fingerprint density at radius 3 is 2.78 bits per heavy atom. The SMILES string of the molecule is COc1ccc2c(c1)-c1nc(-n3ncc(C(=O)O)c3C3CC3)ncc1CC2. The summed E-state index contributed by atoms with van der Waals surface area (Å²) in [5.74, 6) is 0.452. The third-order valence-corrected chi connectivity index (χ3v) is 5.28. The molecule has 1 aromatic carbocycles. The van der Waals surface area contributed by atoms with Crippen LogP contribution in [-0.2, 0) is 12.8 Å². The summed E-state index contributed by atoms with van der Waals surface area (Å²) in [6.45, 7) is 0. The third kappa shape index (κ3) is 2.58. The van der Waals surface area contributed by atoms with E-state index >= 15 is 0 Å². The average molecular weight is 362 g/mol. The Hall–Kier alpha value is -3.22. The lowest BCUT2D eigenvalue weighted by Gasteiger charge is -2.20. The predicted molar refractivity (Wildman–Crippen MR) is 97.5 cm³/mol. The van der Waals surface area contributed by atoms with Crippen molar-refractivity contribution in [2.24, 2.45) is 0 Å². The van der Waals surface area contributed by atoms with E-state index in [1.165, 1.54) is 11.8 Å². The second-order valence-corrected chi connectivity index (χ2v) is 7.00. The highest BCUT2D eigenvalue weighted by Crippen LogP contribution is 2.42. The zero-order chi connectivity index (χ0) is 18.5. The zero-order valence-corrected chi connectivity index (χ0v) is 14.8. The molecule has 0 amide bonds. The quantitative estimate of drug-likeness (QED) is 0.767. The summed E-state index contributed by atoms with van der Waals surface area (Å²) >= 11 is 0. The van der Waals surface area contributed by atoms with Gasteiger partial charge < -0.3 is 9.84 Å². The number of aromatic carboxylic acids is 1. The maximum Gasteiger partial charge on any atom is 0.339 e. The Morgan fingerprint density at radius 2 is 2.04 bits per heavy atom. The van der Waals surface area contributed by atoms with Crippen molar-refractivity contribution in [2.45, 2.75) is 31.6 Å². The summed E-state index contributed by atoms with van der Waals surface area (Å²) in [6.07, 6.45) is 6.99. The zero-order valence-electron chi connectivity index (χ0n) is 14.8. The largest absolute Gasteiger partial charge is 0.497 e. The molecule has 3 aromatic rings. The number of carboxylic acids is 1. The van der Waals surface area contributed by atoms with Crippen molar-refractivity contribution in [3.63, 3.8) is 0 Å². The van der Waals surface area contributed by atoms with Gasteiger partial charge in [-0.15, -0.1) is 0 Å². The summed E-state index contributed by atoms with van der Waals surface area (Å²) in [5, 5.41) is 13.8. The Bertz CT molecular complexity index is 1070. The van der Waals surface area contributed by atoms with Gasteiger partial charge in [0.1, 0.15) is 11.3 Å². The molecule has 2 aliphatic carbocycles. The van der Waals surface area contributed by atoms with Crippen LogP contribution in [0.5, 0.6) is 5.75 Å². The molecule has 0 bridgehead atoms. The van der Waals surface area contributed by atoms with E-state index in [2.05, 4.69) is 16.1 Å². The van der Waals surface area contributed by atoms with E-state index in [4.69, 9.17) is 9.72 Å². The van der Waals surface area contributed by atoms with Crippen molar-refractivity contribution in [1.29, 1.82) is 0 Å². The highest BCUT2D eigenvalue weighted by Gasteiger charge is 2.34. The molecule has 0 atom stereocenters. The molecular weight excluding hydrogens is 344 g/mol. The summed E-state index contributed by atoms with van der Waals surface area (Å²) in [6, 6.07) is 6.03. The fourth-order valence-electron chi connectivity index (χ4n) is 3.74. The van der Waals surface area contributed by atoms with Crippen molar-refractivity contribution in [3.8, 4) is 23.0 Å². The van der Waals surface area contributed by atoms with Crippen LogP contribution in [0, 0.1) is 0 Å². The van der Waals surface area contributed by atoms with Crippen molar-refractivity contribution in [3.05, 3.63) is 53.0 Å². The molecule has 2 heterocycles. The molecule has 2 aliphatic rings. The van der Waals surface area contributed by atoms with Gasteiger partial charge in [-0.25, -0.2) is 19.4 Å². The normalized spacial score (nSPS) is 15.1. The van der Waals surface area contributed by atoms with Crippen molar-refractivity contribution < 1.29 is 14.6 Å². The molecule has 0 spiro atoms. The molecule has 7 nitrogen and oxygen atoms in total. The Labute approximate surface area is 155 Å². The molecular formula is C20H18N4O3. The molecule has 0 radical (unpaired) electrons. The van der Waals surface area contributed by atoms with Crippen LogP contribution < -0.4 is 4.74 Å². The first-order valence-corrected chi connectivity index (χ1v) is 9.00. The molecule has 1 N–H and O–H groups in total. The van der Waals surface area contributed by atoms with Gasteiger partial charge in [-0.05, 0) is 48.9 Å². The van der Waals surface area contributed by atoms with Gasteiger partial charge in [-0.2, -0.15) is 5.10 Å². The first-order valence-electron chi connectivity index (χ1n) is 9.00. The topological polar surface area (TPSA) is 90.1 Å². The second kappa shape index (κ2) is 5.90. The number of rotatable bonds is 4. The fraction of sp³-hybridized carbons (Fsp3) is 0.300. The first-order chi connectivity index (χ1) is 13.2. The summed E-state index contributed by atoms with van der Waals surface area (Å²) in [4.78, 5) is 20.8. The van der Waals surface area contributed by atoms with E-state index < -0.39 is 5.97 Å². The summed E-state index contributed by atoms with van der Waals surface area (Å²) in [7, 11) is 1.65. The minimum absolute atomic E-state index is 0.214. The molecule has 7 heteroatoms. The lowest BCUT2D eigenvalue weighted by molar-refractivity contribution is 0.0695. The molecule has 27 heavy (non-hydrogen) atoms. The number of fused-ring (bicyclic) bond motifs is 3. The number of methoxy groups -OCH3 is 1. The number of nitrogens with zero attached hydrogens (tertiary/aromatic N) is 4. The van der Waals surface area contributed by atoms with Crippen LogP contribution in [-0.4, -0.2) is 37.9 Å². The van der Waals surface area contributed by atoms with Gasteiger partial charge in [0.05, 0.1) is 24.7 Å². The maximum absolute atomic E-state index is 11.6. The second-order valence-electron chi connectivity index (χ2n) is 7.00. The lowest BCUT2D eigenvalue weighted by Crippen LogP contribution is -2.13. The maximum atomic E-state index is 11.6. The van der Waals surface area contributed by atoms with Crippen LogP contribution in [0.4, 0.5) is 0 Å². The van der Waals surface area contributed by atoms with Gasteiger partial charge in [-0.1, -0.05) is 6.07 Å². The molecule has 0 aliphatic heterocycles. The van der Waals surface area contributed by atoms with E-state index in [1.807, 2.05) is 18.3 Å². The average Bonchev–Trinajstić information content (AvgIpc) is 3.44. The van der Waals surface area contributed by atoms with Crippen LogP contribution in [0.1, 0.15) is 45.9 Å². The van der Waals surface area contributed by atoms with Crippen molar-refractivity contribution >= 4 is 5.97 Å². The van der Waals surface area contributed by atoms with Crippen LogP contribution in [0.2, 0.25) is 0 Å². The monoisotopic (exact) mass is 362 g/mol. The smallest absolute Gasteiger partial charge is 0.339 e. The fourth-order valence-corrected chi connectivity index (χ4v) is 3.74. The van der Waals surface area contributed by atoms with Crippen molar-refractivity contribution in [1.82, 2.24) is 19.7 Å². The predicted octanol–water partition coefficient (Wildman–Crippen LogP) is 3.01. The number of hydrogen-bond donors (Lipinski definition) is 1. The van der Waals surface area contributed by atoms with Crippen molar-refractivity contribution in [2.75, 3.05) is 7.11 Å². The third-order valence-electron chi connectivity index (χ3n) is 5.28. The first kappa shape index (κ1) is 16.0. The molecule has 0 saturated heterocycles. The highest BCUT2D eigenvalue weighted by atomic mass is 16.5.